The first-order valence-corrected chi connectivity index (χ1v) is 10.6. The number of carbonyl (C=O) groups is 2. The fourth-order valence-corrected chi connectivity index (χ4v) is 4.53. The summed E-state index contributed by atoms with van der Waals surface area (Å²) in [7, 11) is 0. The average molecular weight is 380 g/mol. The largest absolute Gasteiger partial charge is 0.346 e. The van der Waals surface area contributed by atoms with Gasteiger partial charge in [0.1, 0.15) is 5.82 Å². The lowest BCUT2D eigenvalue weighted by Crippen LogP contribution is -2.31. The molecule has 1 unspecified atom stereocenters. The number of nitrogens with zero attached hydrogens (tertiary/aromatic N) is 2. The van der Waals surface area contributed by atoms with E-state index < -0.39 is 0 Å². The van der Waals surface area contributed by atoms with Gasteiger partial charge in [0.05, 0.1) is 11.1 Å². The van der Waals surface area contributed by atoms with E-state index in [2.05, 4.69) is 16.9 Å². The van der Waals surface area contributed by atoms with Gasteiger partial charge < -0.3 is 4.98 Å². The van der Waals surface area contributed by atoms with E-state index in [1.165, 1.54) is 43.4 Å². The summed E-state index contributed by atoms with van der Waals surface area (Å²) in [5.41, 5.74) is 2.00. The summed E-state index contributed by atoms with van der Waals surface area (Å²) in [5, 5.41) is 0. The molecule has 1 atom stereocenters. The zero-order valence-electron chi connectivity index (χ0n) is 16.6. The van der Waals surface area contributed by atoms with Crippen LogP contribution in [0.15, 0.2) is 30.5 Å². The van der Waals surface area contributed by atoms with Gasteiger partial charge in [0.15, 0.2) is 0 Å². The van der Waals surface area contributed by atoms with Crippen molar-refractivity contribution in [1.29, 1.82) is 0 Å². The van der Waals surface area contributed by atoms with Gasteiger partial charge in [-0.05, 0) is 30.9 Å². The van der Waals surface area contributed by atoms with Gasteiger partial charge in [-0.2, -0.15) is 0 Å². The van der Waals surface area contributed by atoms with Crippen LogP contribution in [0.5, 0.6) is 0 Å². The van der Waals surface area contributed by atoms with E-state index in [9.17, 15) is 9.59 Å². The van der Waals surface area contributed by atoms with Crippen LogP contribution >= 0.6 is 0 Å². The Morgan fingerprint density at radius 2 is 1.79 bits per heavy atom. The van der Waals surface area contributed by atoms with Gasteiger partial charge in [0.2, 0.25) is 0 Å². The van der Waals surface area contributed by atoms with Crippen LogP contribution in [0.4, 0.5) is 0 Å². The van der Waals surface area contributed by atoms with Crippen molar-refractivity contribution < 1.29 is 9.59 Å². The quantitative estimate of drug-likeness (QED) is 0.708. The van der Waals surface area contributed by atoms with Gasteiger partial charge >= 0.3 is 0 Å². The molecule has 1 aliphatic heterocycles. The minimum absolute atomic E-state index is 0.193. The van der Waals surface area contributed by atoms with E-state index in [4.69, 9.17) is 0 Å². The molecule has 1 aliphatic carbocycles. The fourth-order valence-electron chi connectivity index (χ4n) is 4.53. The monoisotopic (exact) mass is 379 g/mol. The zero-order valence-corrected chi connectivity index (χ0v) is 16.6. The normalized spacial score (nSPS) is 18.5. The van der Waals surface area contributed by atoms with Crippen LogP contribution in [0.2, 0.25) is 0 Å². The van der Waals surface area contributed by atoms with Crippen LogP contribution in [-0.4, -0.2) is 33.2 Å². The summed E-state index contributed by atoms with van der Waals surface area (Å²) in [6, 6.07) is 7.03. The predicted molar refractivity (Wildman–Crippen MR) is 108 cm³/mol. The Labute approximate surface area is 166 Å². The number of H-pyrrole nitrogens is 1. The summed E-state index contributed by atoms with van der Waals surface area (Å²) in [4.78, 5) is 34.2. The van der Waals surface area contributed by atoms with Crippen molar-refractivity contribution >= 4 is 11.8 Å². The molecule has 0 spiro atoms. The third-order valence-electron chi connectivity index (χ3n) is 6.33. The highest BCUT2D eigenvalue weighted by atomic mass is 16.2. The number of hydrogen-bond donors (Lipinski definition) is 1. The Hall–Kier alpha value is -2.43. The Bertz CT molecular complexity index is 816. The Balaban J connectivity index is 1.30. The SMILES string of the molecule is CC(CCC1CCCCC1)c1ncc(CCN2C(=O)c3ccccc3C2=O)[nH]1. The van der Waals surface area contributed by atoms with Gasteiger partial charge in [-0.1, -0.05) is 51.2 Å². The van der Waals surface area contributed by atoms with E-state index in [1.807, 2.05) is 6.20 Å². The van der Waals surface area contributed by atoms with Crippen molar-refractivity contribution in [1.82, 2.24) is 14.9 Å². The van der Waals surface area contributed by atoms with Crippen molar-refractivity contribution in [2.24, 2.45) is 5.92 Å². The van der Waals surface area contributed by atoms with Crippen LogP contribution in [0, 0.1) is 5.92 Å². The molecule has 1 fully saturated rings. The first-order chi connectivity index (χ1) is 13.6. The molecule has 1 aromatic heterocycles. The maximum atomic E-state index is 12.5. The van der Waals surface area contributed by atoms with Crippen molar-refractivity contribution in [3.8, 4) is 0 Å². The van der Waals surface area contributed by atoms with Crippen LogP contribution in [-0.2, 0) is 6.42 Å². The highest BCUT2D eigenvalue weighted by molar-refractivity contribution is 6.21. The Kier molecular flexibility index (Phi) is 5.60. The number of aromatic amines is 1. The van der Waals surface area contributed by atoms with Crippen molar-refractivity contribution in [3.05, 3.63) is 53.1 Å². The van der Waals surface area contributed by atoms with E-state index >= 15 is 0 Å². The van der Waals surface area contributed by atoms with Gasteiger partial charge in [-0.3, -0.25) is 14.5 Å². The van der Waals surface area contributed by atoms with Crippen LogP contribution in [0.25, 0.3) is 0 Å². The third kappa shape index (κ3) is 3.89. The molecular formula is C23H29N3O2. The number of amides is 2. The smallest absolute Gasteiger partial charge is 0.261 e. The minimum Gasteiger partial charge on any atom is -0.346 e. The highest BCUT2D eigenvalue weighted by Crippen LogP contribution is 2.30. The maximum absolute atomic E-state index is 12.5. The molecule has 0 radical (unpaired) electrons. The summed E-state index contributed by atoms with van der Waals surface area (Å²) in [6.45, 7) is 2.61. The molecule has 1 saturated carbocycles. The number of imidazole rings is 1. The van der Waals surface area contributed by atoms with Crippen molar-refractivity contribution in [3.63, 3.8) is 0 Å². The first kappa shape index (κ1) is 18.9. The summed E-state index contributed by atoms with van der Waals surface area (Å²) < 4.78 is 0. The number of aromatic nitrogens is 2. The second-order valence-corrected chi connectivity index (χ2v) is 8.33. The summed E-state index contributed by atoms with van der Waals surface area (Å²) >= 11 is 0. The van der Waals surface area contributed by atoms with Gasteiger partial charge in [0.25, 0.3) is 11.8 Å². The van der Waals surface area contributed by atoms with Gasteiger partial charge in [-0.15, -0.1) is 0 Å². The van der Waals surface area contributed by atoms with Gasteiger partial charge in [-0.25, -0.2) is 4.98 Å². The van der Waals surface area contributed by atoms with E-state index in [-0.39, 0.29) is 11.8 Å². The van der Waals surface area contributed by atoms with Crippen LogP contribution in [0.1, 0.15) is 90.0 Å². The number of nitrogens with one attached hydrogen (secondary N) is 1. The number of hydrogen-bond acceptors (Lipinski definition) is 3. The van der Waals surface area contributed by atoms with Crippen molar-refractivity contribution in [2.45, 2.75) is 64.2 Å². The maximum Gasteiger partial charge on any atom is 0.261 e. The molecule has 2 aromatic rings. The van der Waals surface area contributed by atoms with Gasteiger partial charge in [0, 0.05) is 30.8 Å². The molecule has 1 aromatic carbocycles. The molecular weight excluding hydrogens is 350 g/mol. The van der Waals surface area contributed by atoms with E-state index in [1.54, 1.807) is 24.3 Å². The molecule has 0 saturated heterocycles. The molecule has 2 heterocycles. The van der Waals surface area contributed by atoms with Crippen LogP contribution < -0.4 is 0 Å². The predicted octanol–water partition coefficient (Wildman–Crippen LogP) is 4.71. The molecule has 0 bridgehead atoms. The fraction of sp³-hybridized carbons (Fsp3) is 0.522. The van der Waals surface area contributed by atoms with Crippen LogP contribution in [0.3, 0.4) is 0 Å². The number of rotatable bonds is 7. The highest BCUT2D eigenvalue weighted by Gasteiger charge is 2.34. The second-order valence-electron chi connectivity index (χ2n) is 8.33. The molecule has 2 amide bonds. The topological polar surface area (TPSA) is 66.1 Å². The lowest BCUT2D eigenvalue weighted by atomic mass is 9.84. The standard InChI is InChI=1S/C23H29N3O2/c1-16(11-12-17-7-3-2-4-8-17)21-24-15-18(25-21)13-14-26-22(27)19-9-5-6-10-20(19)23(26)28/h5-6,9-10,15-17H,2-4,7-8,11-14H2,1H3,(H,24,25). The van der Waals surface area contributed by atoms with Crippen molar-refractivity contribution in [2.75, 3.05) is 6.54 Å². The molecule has 1 N–H and O–H groups in total. The molecule has 5 nitrogen and oxygen atoms in total. The number of fused-ring (bicyclic) bond motifs is 1. The first-order valence-electron chi connectivity index (χ1n) is 10.6. The average Bonchev–Trinajstić information content (AvgIpc) is 3.30. The molecule has 4 rings (SSSR count). The lowest BCUT2D eigenvalue weighted by Gasteiger charge is -2.22. The molecule has 28 heavy (non-hydrogen) atoms. The Morgan fingerprint density at radius 1 is 1.11 bits per heavy atom. The number of benzene rings is 1. The second kappa shape index (κ2) is 8.29. The molecule has 2 aliphatic rings. The minimum atomic E-state index is -0.193. The van der Waals surface area contributed by atoms with E-state index in [0.29, 0.717) is 30.0 Å². The zero-order chi connectivity index (χ0) is 19.5. The van der Waals surface area contributed by atoms with E-state index in [0.717, 1.165) is 23.9 Å². The lowest BCUT2D eigenvalue weighted by molar-refractivity contribution is 0.0656. The summed E-state index contributed by atoms with van der Waals surface area (Å²) in [6.07, 6.45) is 11.9. The third-order valence-corrected chi connectivity index (χ3v) is 6.33. The molecule has 5 heteroatoms. The number of imide groups is 1. The number of carbonyl (C=O) groups excluding carboxylic acids is 2. The Morgan fingerprint density at radius 3 is 2.46 bits per heavy atom. The summed E-state index contributed by atoms with van der Waals surface area (Å²) in [5.74, 6) is 1.94. The molecule has 148 valence electrons.